The van der Waals surface area contributed by atoms with Gasteiger partial charge < -0.3 is 14.8 Å². The van der Waals surface area contributed by atoms with E-state index in [0.29, 0.717) is 18.2 Å². The average molecular weight is 352 g/mol. The summed E-state index contributed by atoms with van der Waals surface area (Å²) in [6.45, 7) is 4.25. The second-order valence-electron chi connectivity index (χ2n) is 4.58. The van der Waals surface area contributed by atoms with Gasteiger partial charge in [0.25, 0.3) is 0 Å². The number of nitrogens with one attached hydrogen (secondary N) is 1. The molecule has 5 nitrogen and oxygen atoms in total. The quantitative estimate of drug-likeness (QED) is 0.776. The molecule has 0 unspecified atom stereocenters. The predicted octanol–water partition coefficient (Wildman–Crippen LogP) is 3.08. The number of aryl methyl sites for hydroxylation is 1. The molecular weight excluding hydrogens is 334 g/mol. The number of hydrogen-bond donors (Lipinski definition) is 1. The maximum atomic E-state index is 5.74. The standard InChI is InChI=1S/C15H18BrN3O2/c1-11-5-12(7-17-3-4-20-2)8-19-15(11)21-14-6-13(16)9-18-10-14/h5-6,8-10,17H,3-4,7H2,1-2H3. The molecular formula is C15H18BrN3O2. The van der Waals surface area contributed by atoms with Crippen LogP contribution in [-0.4, -0.2) is 30.2 Å². The SMILES string of the molecule is COCCNCc1cnc(Oc2cncc(Br)c2)c(C)c1. The fourth-order valence-corrected chi connectivity index (χ4v) is 2.13. The van der Waals surface area contributed by atoms with Crippen molar-refractivity contribution < 1.29 is 9.47 Å². The van der Waals surface area contributed by atoms with Crippen LogP contribution < -0.4 is 10.1 Å². The third-order valence-electron chi connectivity index (χ3n) is 2.79. The van der Waals surface area contributed by atoms with E-state index >= 15 is 0 Å². The van der Waals surface area contributed by atoms with E-state index in [2.05, 4.69) is 37.3 Å². The summed E-state index contributed by atoms with van der Waals surface area (Å²) < 4.78 is 11.6. The van der Waals surface area contributed by atoms with Crippen LogP contribution in [0.25, 0.3) is 0 Å². The zero-order valence-corrected chi connectivity index (χ0v) is 13.7. The highest BCUT2D eigenvalue weighted by molar-refractivity contribution is 9.10. The molecule has 21 heavy (non-hydrogen) atoms. The predicted molar refractivity (Wildman–Crippen MR) is 84.6 cm³/mol. The molecule has 0 bridgehead atoms. The summed E-state index contributed by atoms with van der Waals surface area (Å²) in [5.74, 6) is 1.25. The van der Waals surface area contributed by atoms with E-state index < -0.39 is 0 Å². The molecule has 2 aromatic heterocycles. The Hall–Kier alpha value is -1.50. The van der Waals surface area contributed by atoms with Crippen molar-refractivity contribution >= 4 is 15.9 Å². The van der Waals surface area contributed by atoms with Gasteiger partial charge in [0.05, 0.1) is 12.8 Å². The van der Waals surface area contributed by atoms with Gasteiger partial charge in [-0.05, 0) is 40.5 Å². The second kappa shape index (κ2) is 8.07. The number of rotatable bonds is 7. The minimum Gasteiger partial charge on any atom is -0.437 e. The maximum absolute atomic E-state index is 5.74. The van der Waals surface area contributed by atoms with Crippen LogP contribution in [0.1, 0.15) is 11.1 Å². The molecule has 2 heterocycles. The molecule has 6 heteroatoms. The van der Waals surface area contributed by atoms with E-state index in [1.807, 2.05) is 19.2 Å². The van der Waals surface area contributed by atoms with Crippen molar-refractivity contribution in [2.45, 2.75) is 13.5 Å². The van der Waals surface area contributed by atoms with Gasteiger partial charge >= 0.3 is 0 Å². The van der Waals surface area contributed by atoms with E-state index in [1.54, 1.807) is 19.5 Å². The number of methoxy groups -OCH3 is 1. The van der Waals surface area contributed by atoms with Crippen LogP contribution in [0.2, 0.25) is 0 Å². The summed E-state index contributed by atoms with van der Waals surface area (Å²) in [6, 6.07) is 3.92. The summed E-state index contributed by atoms with van der Waals surface area (Å²) in [5, 5.41) is 3.28. The van der Waals surface area contributed by atoms with Crippen molar-refractivity contribution in [3.05, 3.63) is 46.3 Å². The van der Waals surface area contributed by atoms with Crippen LogP contribution in [-0.2, 0) is 11.3 Å². The average Bonchev–Trinajstić information content (AvgIpc) is 2.46. The number of nitrogens with zero attached hydrogens (tertiary/aromatic N) is 2. The van der Waals surface area contributed by atoms with Crippen LogP contribution in [0, 0.1) is 6.92 Å². The zero-order valence-electron chi connectivity index (χ0n) is 12.1. The van der Waals surface area contributed by atoms with Gasteiger partial charge in [-0.3, -0.25) is 4.98 Å². The largest absolute Gasteiger partial charge is 0.437 e. The number of ether oxygens (including phenoxy) is 2. The Morgan fingerprint density at radius 2 is 2.10 bits per heavy atom. The molecule has 0 saturated carbocycles. The lowest BCUT2D eigenvalue weighted by molar-refractivity contribution is 0.199. The molecule has 2 aromatic rings. The first-order chi connectivity index (χ1) is 10.2. The van der Waals surface area contributed by atoms with E-state index in [-0.39, 0.29) is 0 Å². The highest BCUT2D eigenvalue weighted by Crippen LogP contribution is 2.24. The fraction of sp³-hybridized carbons (Fsp3) is 0.333. The second-order valence-corrected chi connectivity index (χ2v) is 5.49. The van der Waals surface area contributed by atoms with Gasteiger partial charge in [-0.1, -0.05) is 0 Å². The van der Waals surface area contributed by atoms with Crippen molar-refractivity contribution in [3.63, 3.8) is 0 Å². The van der Waals surface area contributed by atoms with Gasteiger partial charge in [-0.2, -0.15) is 0 Å². The van der Waals surface area contributed by atoms with E-state index in [9.17, 15) is 0 Å². The van der Waals surface area contributed by atoms with Crippen LogP contribution in [0.5, 0.6) is 11.6 Å². The lowest BCUT2D eigenvalue weighted by Crippen LogP contribution is -2.18. The van der Waals surface area contributed by atoms with Crippen molar-refractivity contribution in [2.75, 3.05) is 20.3 Å². The van der Waals surface area contributed by atoms with Crippen LogP contribution in [0.4, 0.5) is 0 Å². The highest BCUT2D eigenvalue weighted by atomic mass is 79.9. The first kappa shape index (κ1) is 15.9. The minimum atomic E-state index is 0.593. The molecule has 1 N–H and O–H groups in total. The zero-order chi connectivity index (χ0) is 15.1. The van der Waals surface area contributed by atoms with Crippen molar-refractivity contribution in [1.29, 1.82) is 0 Å². The molecule has 0 fully saturated rings. The van der Waals surface area contributed by atoms with Crippen LogP contribution >= 0.6 is 15.9 Å². The van der Waals surface area contributed by atoms with Crippen molar-refractivity contribution in [2.24, 2.45) is 0 Å². The van der Waals surface area contributed by atoms with Crippen LogP contribution in [0.15, 0.2) is 35.2 Å². The molecule has 0 aliphatic heterocycles. The molecule has 0 saturated heterocycles. The Bertz CT molecular complexity index is 593. The number of aromatic nitrogens is 2. The number of hydrogen-bond acceptors (Lipinski definition) is 5. The molecule has 0 spiro atoms. The summed E-state index contributed by atoms with van der Waals surface area (Å²) in [7, 11) is 1.69. The molecule has 0 radical (unpaired) electrons. The minimum absolute atomic E-state index is 0.593. The van der Waals surface area contributed by atoms with Gasteiger partial charge in [0.1, 0.15) is 5.75 Å². The van der Waals surface area contributed by atoms with Gasteiger partial charge in [-0.15, -0.1) is 0 Å². The van der Waals surface area contributed by atoms with Gasteiger partial charge in [0, 0.05) is 42.6 Å². The molecule has 0 amide bonds. The van der Waals surface area contributed by atoms with Crippen LogP contribution in [0.3, 0.4) is 0 Å². The van der Waals surface area contributed by atoms with E-state index in [0.717, 1.165) is 28.7 Å². The van der Waals surface area contributed by atoms with E-state index in [1.165, 1.54) is 0 Å². The highest BCUT2D eigenvalue weighted by Gasteiger charge is 2.05. The Labute approximate surface area is 132 Å². The first-order valence-electron chi connectivity index (χ1n) is 6.62. The topological polar surface area (TPSA) is 56.3 Å². The monoisotopic (exact) mass is 351 g/mol. The van der Waals surface area contributed by atoms with Crippen molar-refractivity contribution in [3.8, 4) is 11.6 Å². The molecule has 2 rings (SSSR count). The third-order valence-corrected chi connectivity index (χ3v) is 3.23. The lowest BCUT2D eigenvalue weighted by atomic mass is 10.2. The molecule has 0 aliphatic rings. The summed E-state index contributed by atoms with van der Waals surface area (Å²) in [4.78, 5) is 8.43. The maximum Gasteiger partial charge on any atom is 0.222 e. The summed E-state index contributed by atoms with van der Waals surface area (Å²) in [5.41, 5.74) is 2.10. The Balaban J connectivity index is 1.98. The normalized spacial score (nSPS) is 10.6. The Morgan fingerprint density at radius 1 is 1.24 bits per heavy atom. The molecule has 112 valence electrons. The lowest BCUT2D eigenvalue weighted by Gasteiger charge is -2.10. The molecule has 0 aromatic carbocycles. The molecule has 0 atom stereocenters. The smallest absolute Gasteiger partial charge is 0.222 e. The van der Waals surface area contributed by atoms with E-state index in [4.69, 9.17) is 9.47 Å². The summed E-state index contributed by atoms with van der Waals surface area (Å²) in [6.07, 6.45) is 5.18. The number of halogens is 1. The molecule has 0 aliphatic carbocycles. The van der Waals surface area contributed by atoms with Crippen molar-refractivity contribution in [1.82, 2.24) is 15.3 Å². The Morgan fingerprint density at radius 3 is 2.81 bits per heavy atom. The Kier molecular flexibility index (Phi) is 6.10. The van der Waals surface area contributed by atoms with Gasteiger partial charge in [0.2, 0.25) is 5.88 Å². The van der Waals surface area contributed by atoms with Gasteiger partial charge in [0.15, 0.2) is 0 Å². The fourth-order valence-electron chi connectivity index (χ4n) is 1.79. The van der Waals surface area contributed by atoms with Gasteiger partial charge in [-0.25, -0.2) is 4.98 Å². The third kappa shape index (κ3) is 5.08. The first-order valence-corrected chi connectivity index (χ1v) is 7.42. The number of pyridine rings is 2. The summed E-state index contributed by atoms with van der Waals surface area (Å²) >= 11 is 3.37.